The Hall–Kier alpha value is -2.54. The maximum atomic E-state index is 10.6. The Bertz CT molecular complexity index is 763. The molecule has 0 radical (unpaired) electrons. The monoisotopic (exact) mass is 391 g/mol. The number of nitrogens with zero attached hydrogens (tertiary/aromatic N) is 1. The number of carbonyl (C=O) groups is 1. The van der Waals surface area contributed by atoms with Gasteiger partial charge in [0.15, 0.2) is 11.5 Å². The van der Waals surface area contributed by atoms with Gasteiger partial charge >= 0.3 is 6.03 Å². The summed E-state index contributed by atoms with van der Waals surface area (Å²) in [6, 6.07) is 10.9. The number of rotatable bonds is 6. The van der Waals surface area contributed by atoms with E-state index in [1.807, 2.05) is 37.3 Å². The number of hydrogen-bond donors (Lipinski definition) is 2. The number of ether oxygens (including phenoxy) is 2. The van der Waals surface area contributed by atoms with Crippen molar-refractivity contribution in [2.45, 2.75) is 13.5 Å². The molecule has 0 fully saturated rings. The zero-order valence-electron chi connectivity index (χ0n) is 13.4. The number of amides is 2. The maximum Gasteiger partial charge on any atom is 0.332 e. The number of primary amides is 1. The summed E-state index contributed by atoms with van der Waals surface area (Å²) in [5.74, 6) is 1.15. The second-order valence-corrected chi connectivity index (χ2v) is 5.84. The molecular weight excluding hydrogens is 374 g/mol. The van der Waals surface area contributed by atoms with Crippen LogP contribution in [0.5, 0.6) is 11.5 Å². The largest absolute Gasteiger partial charge is 0.493 e. The Kier molecular flexibility index (Phi) is 6.20. The van der Waals surface area contributed by atoms with Crippen molar-refractivity contribution in [2.24, 2.45) is 10.8 Å². The summed E-state index contributed by atoms with van der Waals surface area (Å²) in [6.07, 6.45) is 1.46. The lowest BCUT2D eigenvalue weighted by atomic mass is 10.1. The van der Waals surface area contributed by atoms with E-state index in [9.17, 15) is 4.79 Å². The van der Waals surface area contributed by atoms with Crippen LogP contribution in [0.4, 0.5) is 4.79 Å². The van der Waals surface area contributed by atoms with Gasteiger partial charge in [0.2, 0.25) is 0 Å². The molecule has 0 heterocycles. The van der Waals surface area contributed by atoms with Crippen molar-refractivity contribution in [1.29, 1.82) is 0 Å². The van der Waals surface area contributed by atoms with Crippen LogP contribution in [0.25, 0.3) is 0 Å². The number of carbonyl (C=O) groups excluding carboxylic acids is 1. The van der Waals surface area contributed by atoms with E-state index >= 15 is 0 Å². The molecule has 0 saturated heterocycles. The van der Waals surface area contributed by atoms with Crippen LogP contribution >= 0.6 is 15.9 Å². The normalized spacial score (nSPS) is 10.6. The van der Waals surface area contributed by atoms with Gasteiger partial charge in [-0.15, -0.1) is 0 Å². The van der Waals surface area contributed by atoms with Crippen molar-refractivity contribution in [2.75, 3.05) is 7.11 Å². The minimum Gasteiger partial charge on any atom is -0.493 e. The molecule has 0 bridgehead atoms. The van der Waals surface area contributed by atoms with E-state index in [1.54, 1.807) is 13.2 Å². The van der Waals surface area contributed by atoms with Crippen molar-refractivity contribution in [3.8, 4) is 11.5 Å². The third kappa shape index (κ3) is 4.73. The predicted molar refractivity (Wildman–Crippen MR) is 96.5 cm³/mol. The Balaban J connectivity index is 2.19. The molecule has 2 rings (SSSR count). The van der Waals surface area contributed by atoms with E-state index < -0.39 is 6.03 Å². The minimum atomic E-state index is -0.726. The van der Waals surface area contributed by atoms with Crippen molar-refractivity contribution >= 4 is 28.2 Å². The molecule has 2 aromatic carbocycles. The first kappa shape index (κ1) is 17.8. The summed E-state index contributed by atoms with van der Waals surface area (Å²) in [7, 11) is 1.56. The quantitative estimate of drug-likeness (QED) is 0.584. The fourth-order valence-corrected chi connectivity index (χ4v) is 2.62. The van der Waals surface area contributed by atoms with Crippen LogP contribution in [0.1, 0.15) is 16.7 Å². The van der Waals surface area contributed by atoms with Crippen LogP contribution in [0.3, 0.4) is 0 Å². The molecule has 126 valence electrons. The summed E-state index contributed by atoms with van der Waals surface area (Å²) >= 11 is 3.47. The number of halogens is 1. The van der Waals surface area contributed by atoms with Gasteiger partial charge < -0.3 is 15.2 Å². The van der Waals surface area contributed by atoms with E-state index in [2.05, 4.69) is 26.5 Å². The molecule has 0 aromatic heterocycles. The fraction of sp³-hybridized carbons (Fsp3) is 0.176. The Labute approximate surface area is 148 Å². The molecule has 0 saturated carbocycles. The van der Waals surface area contributed by atoms with Gasteiger partial charge in [0, 0.05) is 0 Å². The van der Waals surface area contributed by atoms with E-state index in [1.165, 1.54) is 6.21 Å². The molecular formula is C17H18BrN3O3. The molecule has 2 amide bonds. The Morgan fingerprint density at radius 2 is 2.12 bits per heavy atom. The average molecular weight is 392 g/mol. The number of aryl methyl sites for hydroxylation is 1. The van der Waals surface area contributed by atoms with E-state index in [-0.39, 0.29) is 0 Å². The smallest absolute Gasteiger partial charge is 0.332 e. The highest BCUT2D eigenvalue weighted by atomic mass is 79.9. The highest BCUT2D eigenvalue weighted by Gasteiger charge is 2.12. The Morgan fingerprint density at radius 1 is 1.38 bits per heavy atom. The van der Waals surface area contributed by atoms with Gasteiger partial charge in [-0.25, -0.2) is 10.2 Å². The van der Waals surface area contributed by atoms with Gasteiger partial charge in [-0.05, 0) is 51.7 Å². The first-order chi connectivity index (χ1) is 11.5. The van der Waals surface area contributed by atoms with Crippen molar-refractivity contribution < 1.29 is 14.3 Å². The molecule has 6 nitrogen and oxygen atoms in total. The lowest BCUT2D eigenvalue weighted by molar-refractivity contribution is 0.249. The molecule has 0 aliphatic heterocycles. The summed E-state index contributed by atoms with van der Waals surface area (Å²) in [4.78, 5) is 10.6. The molecule has 0 spiro atoms. The zero-order valence-corrected chi connectivity index (χ0v) is 15.0. The molecule has 0 aliphatic carbocycles. The lowest BCUT2D eigenvalue weighted by Gasteiger charge is -2.14. The van der Waals surface area contributed by atoms with Crippen LogP contribution < -0.4 is 20.6 Å². The van der Waals surface area contributed by atoms with Crippen molar-refractivity contribution in [1.82, 2.24) is 5.43 Å². The van der Waals surface area contributed by atoms with E-state index in [0.717, 1.165) is 21.2 Å². The van der Waals surface area contributed by atoms with Crippen LogP contribution in [-0.2, 0) is 6.61 Å². The molecule has 2 aromatic rings. The van der Waals surface area contributed by atoms with Gasteiger partial charge in [-0.3, -0.25) is 0 Å². The number of benzene rings is 2. The summed E-state index contributed by atoms with van der Waals surface area (Å²) in [5.41, 5.74) is 10.1. The van der Waals surface area contributed by atoms with Gasteiger partial charge in [0.1, 0.15) is 6.61 Å². The Morgan fingerprint density at radius 3 is 2.79 bits per heavy atom. The fourth-order valence-electron chi connectivity index (χ4n) is 2.05. The molecule has 7 heteroatoms. The number of hydrazone groups is 1. The van der Waals surface area contributed by atoms with Gasteiger partial charge in [-0.2, -0.15) is 5.10 Å². The van der Waals surface area contributed by atoms with Crippen LogP contribution in [-0.4, -0.2) is 19.4 Å². The number of hydrogen-bond acceptors (Lipinski definition) is 4. The van der Waals surface area contributed by atoms with Crippen LogP contribution in [0, 0.1) is 6.92 Å². The van der Waals surface area contributed by atoms with Crippen molar-refractivity contribution in [3.63, 3.8) is 0 Å². The second-order valence-electron chi connectivity index (χ2n) is 4.98. The number of methoxy groups -OCH3 is 1. The predicted octanol–water partition coefficient (Wildman–Crippen LogP) is 3.35. The maximum absolute atomic E-state index is 10.6. The molecule has 24 heavy (non-hydrogen) atoms. The standard InChI is InChI=1S/C17H18BrN3O3/c1-11-5-3-4-6-13(11)10-24-16-14(18)7-12(8-15(16)23-2)9-20-21-17(19)22/h3-9H,10H2,1-2H3,(H3,19,21,22)/b20-9+. The van der Waals surface area contributed by atoms with Crippen LogP contribution in [0.2, 0.25) is 0 Å². The number of urea groups is 1. The highest BCUT2D eigenvalue weighted by molar-refractivity contribution is 9.10. The third-order valence-electron chi connectivity index (χ3n) is 3.27. The minimum absolute atomic E-state index is 0.429. The van der Waals surface area contributed by atoms with E-state index in [0.29, 0.717) is 18.1 Å². The topological polar surface area (TPSA) is 85.9 Å². The summed E-state index contributed by atoms with van der Waals surface area (Å²) in [5, 5.41) is 3.73. The second kappa shape index (κ2) is 8.35. The molecule has 0 unspecified atom stereocenters. The van der Waals surface area contributed by atoms with Gasteiger partial charge in [0.25, 0.3) is 0 Å². The average Bonchev–Trinajstić information content (AvgIpc) is 2.54. The van der Waals surface area contributed by atoms with Gasteiger partial charge in [0.05, 0.1) is 17.8 Å². The first-order valence-electron chi connectivity index (χ1n) is 7.14. The van der Waals surface area contributed by atoms with E-state index in [4.69, 9.17) is 15.2 Å². The van der Waals surface area contributed by atoms with Crippen molar-refractivity contribution in [3.05, 3.63) is 57.6 Å². The summed E-state index contributed by atoms with van der Waals surface area (Å²) < 4.78 is 12.0. The number of nitrogens with one attached hydrogen (secondary N) is 1. The lowest BCUT2D eigenvalue weighted by Crippen LogP contribution is -2.24. The number of nitrogens with two attached hydrogens (primary N) is 1. The van der Waals surface area contributed by atoms with Gasteiger partial charge in [-0.1, -0.05) is 24.3 Å². The zero-order chi connectivity index (χ0) is 17.5. The third-order valence-corrected chi connectivity index (χ3v) is 3.86. The first-order valence-corrected chi connectivity index (χ1v) is 7.94. The summed E-state index contributed by atoms with van der Waals surface area (Å²) in [6.45, 7) is 2.47. The highest BCUT2D eigenvalue weighted by Crippen LogP contribution is 2.37. The molecule has 3 N–H and O–H groups in total. The SMILES string of the molecule is COc1cc(/C=N/NC(N)=O)cc(Br)c1OCc1ccccc1C. The molecule has 0 aliphatic rings. The van der Waals surface area contributed by atoms with Crippen LogP contribution in [0.15, 0.2) is 46.0 Å². The molecule has 0 atom stereocenters.